The Kier molecular flexibility index (Phi) is 6.05. The van der Waals surface area contributed by atoms with Crippen molar-refractivity contribution in [1.82, 2.24) is 4.31 Å². The highest BCUT2D eigenvalue weighted by Gasteiger charge is 2.24. The van der Waals surface area contributed by atoms with Crippen molar-refractivity contribution < 1.29 is 21.2 Å². The second-order valence-electron chi connectivity index (χ2n) is 5.60. The van der Waals surface area contributed by atoms with Gasteiger partial charge in [-0.1, -0.05) is 32.0 Å². The molecule has 2 aromatic carbocycles. The normalized spacial score (nSPS) is 12.3. The molecule has 0 bridgehead atoms. The topological polar surface area (TPSA) is 83.6 Å². The summed E-state index contributed by atoms with van der Waals surface area (Å²) >= 11 is 0. The van der Waals surface area contributed by atoms with E-state index < -0.39 is 30.8 Å². The molecule has 0 aliphatic heterocycles. The first-order chi connectivity index (χ1) is 12.1. The van der Waals surface area contributed by atoms with E-state index in [1.807, 2.05) is 0 Å². The van der Waals surface area contributed by atoms with Gasteiger partial charge in [-0.05, 0) is 36.8 Å². The fourth-order valence-electron chi connectivity index (χ4n) is 2.45. The van der Waals surface area contributed by atoms with Crippen molar-refractivity contribution in [3.8, 4) is 0 Å². The van der Waals surface area contributed by atoms with Crippen LogP contribution in [0.4, 0.5) is 10.1 Å². The molecule has 0 saturated carbocycles. The van der Waals surface area contributed by atoms with E-state index in [2.05, 4.69) is 4.72 Å². The molecule has 26 heavy (non-hydrogen) atoms. The van der Waals surface area contributed by atoms with E-state index in [1.165, 1.54) is 34.6 Å². The minimum atomic E-state index is -4.19. The SMILES string of the molecule is CCN(CC)S(=O)(=O)c1ccc(C)c(NS(=O)(=O)c2ccccc2F)c1. The van der Waals surface area contributed by atoms with Gasteiger partial charge in [0.1, 0.15) is 10.7 Å². The van der Waals surface area contributed by atoms with Gasteiger partial charge in [0.2, 0.25) is 10.0 Å². The molecule has 142 valence electrons. The summed E-state index contributed by atoms with van der Waals surface area (Å²) in [5.74, 6) is -0.885. The molecule has 0 heterocycles. The van der Waals surface area contributed by atoms with Crippen molar-refractivity contribution >= 4 is 25.7 Å². The van der Waals surface area contributed by atoms with E-state index in [0.717, 1.165) is 12.1 Å². The van der Waals surface area contributed by atoms with Gasteiger partial charge in [-0.25, -0.2) is 21.2 Å². The number of hydrogen-bond acceptors (Lipinski definition) is 4. The summed E-state index contributed by atoms with van der Waals surface area (Å²) in [4.78, 5) is -0.533. The molecule has 2 rings (SSSR count). The highest BCUT2D eigenvalue weighted by molar-refractivity contribution is 7.92. The van der Waals surface area contributed by atoms with Crippen LogP contribution in [0.15, 0.2) is 52.3 Å². The zero-order chi connectivity index (χ0) is 19.5. The summed E-state index contributed by atoms with van der Waals surface area (Å²) in [5.41, 5.74) is 0.602. The van der Waals surface area contributed by atoms with Crippen LogP contribution in [0, 0.1) is 12.7 Å². The Bertz CT molecular complexity index is 1000. The molecule has 0 fully saturated rings. The Balaban J connectivity index is 2.48. The maximum atomic E-state index is 13.8. The molecule has 1 N–H and O–H groups in total. The molecule has 0 aliphatic carbocycles. The highest BCUT2D eigenvalue weighted by atomic mass is 32.2. The molecule has 9 heteroatoms. The zero-order valence-electron chi connectivity index (χ0n) is 14.7. The lowest BCUT2D eigenvalue weighted by molar-refractivity contribution is 0.445. The number of rotatable bonds is 7. The summed E-state index contributed by atoms with van der Waals surface area (Å²) < 4.78 is 67.6. The Labute approximate surface area is 153 Å². The maximum absolute atomic E-state index is 13.8. The van der Waals surface area contributed by atoms with Crippen molar-refractivity contribution in [3.63, 3.8) is 0 Å². The first-order valence-corrected chi connectivity index (χ1v) is 10.9. The second kappa shape index (κ2) is 7.73. The first-order valence-electron chi connectivity index (χ1n) is 8.01. The number of halogens is 1. The molecule has 2 aromatic rings. The standard InChI is InChI=1S/C17H21FN2O4S2/c1-4-20(5-2)26(23,24)14-11-10-13(3)16(12-14)19-25(21,22)17-9-7-6-8-15(17)18/h6-12,19H,4-5H2,1-3H3. The van der Waals surface area contributed by atoms with Crippen LogP contribution < -0.4 is 4.72 Å². The van der Waals surface area contributed by atoms with Gasteiger partial charge in [-0.2, -0.15) is 4.31 Å². The van der Waals surface area contributed by atoms with Gasteiger partial charge < -0.3 is 0 Å². The van der Waals surface area contributed by atoms with Crippen LogP contribution in [-0.4, -0.2) is 34.2 Å². The second-order valence-corrected chi connectivity index (χ2v) is 9.19. The first kappa shape index (κ1) is 20.3. The van der Waals surface area contributed by atoms with Crippen molar-refractivity contribution in [2.75, 3.05) is 17.8 Å². The summed E-state index contributed by atoms with van der Waals surface area (Å²) in [5, 5.41) is 0. The molecule has 0 radical (unpaired) electrons. The average Bonchev–Trinajstić information content (AvgIpc) is 2.57. The zero-order valence-corrected chi connectivity index (χ0v) is 16.4. The third kappa shape index (κ3) is 4.05. The molecule has 0 spiro atoms. The fraction of sp³-hybridized carbons (Fsp3) is 0.294. The Morgan fingerprint density at radius 3 is 2.19 bits per heavy atom. The van der Waals surface area contributed by atoms with Crippen LogP contribution >= 0.6 is 0 Å². The molecule has 0 unspecified atom stereocenters. The maximum Gasteiger partial charge on any atom is 0.264 e. The Morgan fingerprint density at radius 2 is 1.62 bits per heavy atom. The largest absolute Gasteiger partial charge is 0.279 e. The fourth-order valence-corrected chi connectivity index (χ4v) is 5.13. The third-order valence-electron chi connectivity index (χ3n) is 3.92. The van der Waals surface area contributed by atoms with Crippen LogP contribution in [0.3, 0.4) is 0 Å². The van der Waals surface area contributed by atoms with Gasteiger partial charge in [0.05, 0.1) is 10.6 Å². The number of aryl methyl sites for hydroxylation is 1. The summed E-state index contributed by atoms with van der Waals surface area (Å²) in [7, 11) is -7.94. The monoisotopic (exact) mass is 400 g/mol. The quantitative estimate of drug-likeness (QED) is 0.774. The number of sulfonamides is 2. The predicted molar refractivity (Wildman–Crippen MR) is 98.5 cm³/mol. The number of benzene rings is 2. The van der Waals surface area contributed by atoms with Crippen molar-refractivity contribution in [2.45, 2.75) is 30.6 Å². The van der Waals surface area contributed by atoms with E-state index in [-0.39, 0.29) is 10.6 Å². The van der Waals surface area contributed by atoms with Crippen LogP contribution in [0.1, 0.15) is 19.4 Å². The molecule has 0 atom stereocenters. The van der Waals surface area contributed by atoms with E-state index >= 15 is 0 Å². The molecular weight excluding hydrogens is 379 g/mol. The molecule has 6 nitrogen and oxygen atoms in total. The minimum Gasteiger partial charge on any atom is -0.279 e. The van der Waals surface area contributed by atoms with E-state index in [0.29, 0.717) is 18.7 Å². The van der Waals surface area contributed by atoms with Gasteiger partial charge in [0, 0.05) is 13.1 Å². The lowest BCUT2D eigenvalue weighted by atomic mass is 10.2. The molecule has 0 aliphatic rings. The van der Waals surface area contributed by atoms with E-state index in [1.54, 1.807) is 20.8 Å². The van der Waals surface area contributed by atoms with Crippen molar-refractivity contribution in [3.05, 3.63) is 53.8 Å². The van der Waals surface area contributed by atoms with Gasteiger partial charge in [-0.3, -0.25) is 4.72 Å². The molecule has 0 amide bonds. The van der Waals surface area contributed by atoms with Crippen molar-refractivity contribution in [1.29, 1.82) is 0 Å². The van der Waals surface area contributed by atoms with Crippen LogP contribution in [0.5, 0.6) is 0 Å². The Hall–Kier alpha value is -1.97. The minimum absolute atomic E-state index is 0.0296. The van der Waals surface area contributed by atoms with Crippen LogP contribution in [0.25, 0.3) is 0 Å². The summed E-state index contributed by atoms with van der Waals surface area (Å²) in [6.07, 6.45) is 0. The van der Waals surface area contributed by atoms with E-state index in [4.69, 9.17) is 0 Å². The number of hydrogen-bond donors (Lipinski definition) is 1. The molecule has 0 aromatic heterocycles. The van der Waals surface area contributed by atoms with Crippen molar-refractivity contribution in [2.24, 2.45) is 0 Å². The molecule has 0 saturated heterocycles. The molecular formula is C17H21FN2O4S2. The van der Waals surface area contributed by atoms with E-state index in [9.17, 15) is 21.2 Å². The van der Waals surface area contributed by atoms with Crippen LogP contribution in [-0.2, 0) is 20.0 Å². The summed E-state index contributed by atoms with van der Waals surface area (Å²) in [6.45, 7) is 5.66. The van der Waals surface area contributed by atoms with Gasteiger partial charge >= 0.3 is 0 Å². The number of anilines is 1. The average molecular weight is 400 g/mol. The van der Waals surface area contributed by atoms with Crippen LogP contribution in [0.2, 0.25) is 0 Å². The number of nitrogens with zero attached hydrogens (tertiary/aromatic N) is 1. The smallest absolute Gasteiger partial charge is 0.264 e. The van der Waals surface area contributed by atoms with Gasteiger partial charge in [-0.15, -0.1) is 0 Å². The van der Waals surface area contributed by atoms with Gasteiger partial charge in [0.15, 0.2) is 0 Å². The lowest BCUT2D eigenvalue weighted by Crippen LogP contribution is -2.30. The van der Waals surface area contributed by atoms with Gasteiger partial charge in [0.25, 0.3) is 10.0 Å². The predicted octanol–water partition coefficient (Wildman–Crippen LogP) is 2.97. The highest BCUT2D eigenvalue weighted by Crippen LogP contribution is 2.26. The third-order valence-corrected chi connectivity index (χ3v) is 7.37. The summed E-state index contributed by atoms with van der Waals surface area (Å²) in [6, 6.07) is 9.16. The lowest BCUT2D eigenvalue weighted by Gasteiger charge is -2.19. The number of nitrogens with one attached hydrogen (secondary N) is 1. The Morgan fingerprint density at radius 1 is 1.00 bits per heavy atom.